The molecule has 5 heteroatoms. The third-order valence-corrected chi connectivity index (χ3v) is 6.15. The van der Waals surface area contributed by atoms with Crippen molar-refractivity contribution in [2.24, 2.45) is 0 Å². The van der Waals surface area contributed by atoms with Crippen LogP contribution >= 0.6 is 0 Å². The molecular weight excluding hydrogens is 386 g/mol. The highest BCUT2D eigenvalue weighted by Crippen LogP contribution is 2.49. The molecule has 1 aliphatic carbocycles. The molecule has 1 aromatic rings. The number of aliphatic carboxylic acids is 1. The normalized spacial score (nSPS) is 19.1. The maximum atomic E-state index is 15.1. The van der Waals surface area contributed by atoms with Crippen molar-refractivity contribution in [2.75, 3.05) is 7.11 Å². The lowest BCUT2D eigenvalue weighted by Gasteiger charge is -2.42. The fourth-order valence-electron chi connectivity index (χ4n) is 4.03. The zero-order valence-corrected chi connectivity index (χ0v) is 19.0. The summed E-state index contributed by atoms with van der Waals surface area (Å²) in [5, 5.41) is 8.73. The maximum Gasteiger partial charge on any atom is 0.365 e. The molecule has 0 aliphatic heterocycles. The topological polar surface area (TPSA) is 46.5 Å². The van der Waals surface area contributed by atoms with Crippen LogP contribution in [0.3, 0.4) is 0 Å². The molecule has 164 valence electrons. The molecule has 0 fully saturated rings. The number of hydrogen-bond acceptors (Lipinski definition) is 2. The molecule has 1 aliphatic rings. The van der Waals surface area contributed by atoms with Gasteiger partial charge in [-0.2, -0.15) is 4.39 Å². The first-order chi connectivity index (χ1) is 13.9. The van der Waals surface area contributed by atoms with Crippen LogP contribution in [0.1, 0.15) is 77.5 Å². The van der Waals surface area contributed by atoms with Gasteiger partial charge in [0.05, 0.1) is 7.11 Å². The Labute approximate surface area is 178 Å². The molecule has 0 radical (unpaired) electrons. The molecule has 2 rings (SSSR count). The van der Waals surface area contributed by atoms with Gasteiger partial charge in [-0.3, -0.25) is 0 Å². The Hall–Kier alpha value is -2.43. The summed E-state index contributed by atoms with van der Waals surface area (Å²) < 4.78 is 34.3. The predicted octanol–water partition coefficient (Wildman–Crippen LogP) is 7.02. The standard InChI is InChI=1S/C25H32F2O3/c1-8-16(20(26)10-9-15(2)22(27)23(28)29)17-13-18-19(14-21(17)30-7)25(5,6)12-11-24(18,3)4/h9-10,13-14H,8,11-12H2,1-7H3,(H,28,29)/b10-9+,20-16+,22-15-. The summed E-state index contributed by atoms with van der Waals surface area (Å²) in [5.74, 6) is -2.91. The molecule has 0 heterocycles. The van der Waals surface area contributed by atoms with Crippen LogP contribution in [-0.2, 0) is 15.6 Å². The SMILES string of the molecule is CC/C(=C(F)/C=C/C(C)=C(\F)C(=O)O)c1cc2c(cc1OC)C(C)(C)CCC2(C)C. The van der Waals surface area contributed by atoms with Gasteiger partial charge in [0.15, 0.2) is 0 Å². The number of rotatable bonds is 6. The number of hydrogen-bond donors (Lipinski definition) is 1. The van der Waals surface area contributed by atoms with E-state index < -0.39 is 17.6 Å². The number of benzene rings is 1. The van der Waals surface area contributed by atoms with Gasteiger partial charge in [0.25, 0.3) is 0 Å². The minimum Gasteiger partial charge on any atom is -0.496 e. The van der Waals surface area contributed by atoms with Crippen molar-refractivity contribution in [1.29, 1.82) is 0 Å². The summed E-state index contributed by atoms with van der Waals surface area (Å²) in [6, 6.07) is 4.05. The van der Waals surface area contributed by atoms with E-state index in [2.05, 4.69) is 27.7 Å². The van der Waals surface area contributed by atoms with E-state index in [1.54, 1.807) is 7.11 Å². The van der Waals surface area contributed by atoms with E-state index in [1.807, 2.05) is 19.1 Å². The zero-order valence-electron chi connectivity index (χ0n) is 19.0. The largest absolute Gasteiger partial charge is 0.496 e. The van der Waals surface area contributed by atoms with Crippen LogP contribution in [0.4, 0.5) is 8.78 Å². The van der Waals surface area contributed by atoms with Gasteiger partial charge < -0.3 is 9.84 Å². The molecule has 0 unspecified atom stereocenters. The fraction of sp³-hybridized carbons (Fsp3) is 0.480. The lowest BCUT2D eigenvalue weighted by atomic mass is 9.62. The third-order valence-electron chi connectivity index (χ3n) is 6.15. The lowest BCUT2D eigenvalue weighted by Crippen LogP contribution is -2.34. The maximum absolute atomic E-state index is 15.1. The van der Waals surface area contributed by atoms with Crippen molar-refractivity contribution in [1.82, 2.24) is 0 Å². The molecule has 0 spiro atoms. The quantitative estimate of drug-likeness (QED) is 0.399. The molecule has 0 bridgehead atoms. The summed E-state index contributed by atoms with van der Waals surface area (Å²) in [5.41, 5.74) is 3.33. The third kappa shape index (κ3) is 4.66. The molecule has 1 aromatic carbocycles. The molecule has 1 N–H and O–H groups in total. The highest BCUT2D eigenvalue weighted by atomic mass is 19.1. The first kappa shape index (κ1) is 23.8. The Balaban J connectivity index is 2.67. The van der Waals surface area contributed by atoms with Crippen LogP contribution in [-0.4, -0.2) is 18.2 Å². The van der Waals surface area contributed by atoms with E-state index in [-0.39, 0.29) is 16.4 Å². The molecule has 0 saturated carbocycles. The van der Waals surface area contributed by atoms with E-state index in [0.29, 0.717) is 23.3 Å². The van der Waals surface area contributed by atoms with Gasteiger partial charge in [0.1, 0.15) is 11.6 Å². The summed E-state index contributed by atoms with van der Waals surface area (Å²) in [7, 11) is 1.57. The molecular formula is C25H32F2O3. The monoisotopic (exact) mass is 418 g/mol. The number of carboxylic acids is 1. The Morgan fingerprint density at radius 3 is 2.10 bits per heavy atom. The molecule has 0 amide bonds. The van der Waals surface area contributed by atoms with E-state index in [1.165, 1.54) is 18.1 Å². The van der Waals surface area contributed by atoms with Crippen LogP contribution in [0.25, 0.3) is 5.57 Å². The van der Waals surface area contributed by atoms with Crippen LogP contribution < -0.4 is 4.74 Å². The second-order valence-corrected chi connectivity index (χ2v) is 9.18. The van der Waals surface area contributed by atoms with Crippen LogP contribution in [0, 0.1) is 0 Å². The molecule has 0 saturated heterocycles. The van der Waals surface area contributed by atoms with Crippen molar-refractivity contribution in [2.45, 2.75) is 71.6 Å². The molecule has 3 nitrogen and oxygen atoms in total. The molecule has 30 heavy (non-hydrogen) atoms. The van der Waals surface area contributed by atoms with Gasteiger partial charge in [-0.25, -0.2) is 9.18 Å². The van der Waals surface area contributed by atoms with Crippen LogP contribution in [0.2, 0.25) is 0 Å². The highest BCUT2D eigenvalue weighted by molar-refractivity contribution is 5.85. The second-order valence-electron chi connectivity index (χ2n) is 9.18. The number of fused-ring (bicyclic) bond motifs is 1. The summed E-state index contributed by atoms with van der Waals surface area (Å²) in [6.07, 6.45) is 4.75. The minimum absolute atomic E-state index is 0.00146. The smallest absolute Gasteiger partial charge is 0.365 e. The number of ether oxygens (including phenoxy) is 1. The second kappa shape index (κ2) is 8.75. The summed E-state index contributed by atoms with van der Waals surface area (Å²) in [6.45, 7) is 12.0. The first-order valence-corrected chi connectivity index (χ1v) is 10.3. The number of allylic oxidation sites excluding steroid dienone is 5. The van der Waals surface area contributed by atoms with Gasteiger partial charge in [-0.15, -0.1) is 0 Å². The van der Waals surface area contributed by atoms with Gasteiger partial charge in [0, 0.05) is 5.56 Å². The van der Waals surface area contributed by atoms with Gasteiger partial charge in [-0.1, -0.05) is 40.7 Å². The Bertz CT molecular complexity index is 934. The van der Waals surface area contributed by atoms with E-state index in [0.717, 1.165) is 25.0 Å². The summed E-state index contributed by atoms with van der Waals surface area (Å²) >= 11 is 0. The number of carboxylic acid groups (broad SMARTS) is 1. The van der Waals surface area contributed by atoms with Gasteiger partial charge in [-0.05, 0) is 77.5 Å². The van der Waals surface area contributed by atoms with Crippen molar-refractivity contribution in [3.8, 4) is 5.75 Å². The van der Waals surface area contributed by atoms with E-state index in [9.17, 15) is 9.18 Å². The van der Waals surface area contributed by atoms with Crippen LogP contribution in [0.15, 0.2) is 41.5 Å². The average Bonchev–Trinajstić information content (AvgIpc) is 2.69. The highest BCUT2D eigenvalue weighted by Gasteiger charge is 2.38. The fourth-order valence-corrected chi connectivity index (χ4v) is 4.03. The molecule has 0 aromatic heterocycles. The number of methoxy groups -OCH3 is 1. The lowest BCUT2D eigenvalue weighted by molar-refractivity contribution is -0.134. The van der Waals surface area contributed by atoms with Crippen molar-refractivity contribution < 1.29 is 23.4 Å². The van der Waals surface area contributed by atoms with Gasteiger partial charge >= 0.3 is 5.97 Å². The number of carbonyl (C=O) groups is 1. The van der Waals surface area contributed by atoms with Gasteiger partial charge in [0.2, 0.25) is 5.83 Å². The van der Waals surface area contributed by atoms with E-state index >= 15 is 4.39 Å². The van der Waals surface area contributed by atoms with E-state index in [4.69, 9.17) is 9.84 Å². The Morgan fingerprint density at radius 2 is 1.63 bits per heavy atom. The average molecular weight is 419 g/mol. The molecule has 0 atom stereocenters. The predicted molar refractivity (Wildman–Crippen MR) is 117 cm³/mol. The number of halogens is 2. The minimum atomic E-state index is -1.67. The Morgan fingerprint density at radius 1 is 1.10 bits per heavy atom. The zero-order chi connectivity index (χ0) is 22.9. The first-order valence-electron chi connectivity index (χ1n) is 10.3. The summed E-state index contributed by atoms with van der Waals surface area (Å²) in [4.78, 5) is 10.7. The van der Waals surface area contributed by atoms with Crippen LogP contribution in [0.5, 0.6) is 5.75 Å². The Kier molecular flexibility index (Phi) is 6.95. The van der Waals surface area contributed by atoms with Crippen molar-refractivity contribution in [3.05, 3.63) is 58.2 Å². The van der Waals surface area contributed by atoms with Crippen molar-refractivity contribution >= 4 is 11.5 Å². The van der Waals surface area contributed by atoms with Crippen molar-refractivity contribution in [3.63, 3.8) is 0 Å².